The average Bonchev–Trinajstić information content (AvgIpc) is 2.50. The van der Waals surface area contributed by atoms with Gasteiger partial charge in [0.05, 0.1) is 13.7 Å². The van der Waals surface area contributed by atoms with Crippen LogP contribution in [0.5, 0.6) is 5.88 Å². The highest BCUT2D eigenvalue weighted by Crippen LogP contribution is 2.39. The molecule has 0 saturated heterocycles. The Hall–Kier alpha value is -1.44. The molecule has 2 N–H and O–H groups in total. The molecule has 1 aromatic heterocycles. The Morgan fingerprint density at radius 1 is 1.33 bits per heavy atom. The maximum absolute atomic E-state index is 11.6. The van der Waals surface area contributed by atoms with E-state index in [0.717, 1.165) is 0 Å². The third-order valence-electron chi connectivity index (χ3n) is 4.90. The minimum atomic E-state index is -2.06. The van der Waals surface area contributed by atoms with Gasteiger partial charge in [-0.25, -0.2) is 9.78 Å². The van der Waals surface area contributed by atoms with E-state index < -0.39 is 19.9 Å². The van der Waals surface area contributed by atoms with Crippen LogP contribution >= 0.6 is 0 Å². The van der Waals surface area contributed by atoms with Crippen LogP contribution in [-0.4, -0.2) is 36.6 Å². The van der Waals surface area contributed by atoms with Gasteiger partial charge >= 0.3 is 5.97 Å². The molecule has 0 aliphatic rings. The van der Waals surface area contributed by atoms with Gasteiger partial charge in [-0.15, -0.1) is 0 Å². The van der Waals surface area contributed by atoms with E-state index in [-0.39, 0.29) is 29.5 Å². The monoisotopic (exact) mass is 355 g/mol. The highest BCUT2D eigenvalue weighted by atomic mass is 28.4. The summed E-state index contributed by atoms with van der Waals surface area (Å²) in [5.41, 5.74) is -1.25. The third-order valence-corrected chi connectivity index (χ3v) is 9.38. The molecule has 7 heteroatoms. The second kappa shape index (κ2) is 7.21. The van der Waals surface area contributed by atoms with Gasteiger partial charge in [0.15, 0.2) is 13.9 Å². The number of carbonyl (C=O) groups is 1. The van der Waals surface area contributed by atoms with Gasteiger partial charge in [0.2, 0.25) is 5.88 Å². The molecule has 1 rings (SSSR count). The van der Waals surface area contributed by atoms with E-state index in [0.29, 0.717) is 5.56 Å². The maximum Gasteiger partial charge on any atom is 0.340 e. The molecule has 24 heavy (non-hydrogen) atoms. The van der Waals surface area contributed by atoms with Gasteiger partial charge in [0.25, 0.3) is 0 Å². The Balaban J connectivity index is 3.34. The van der Waals surface area contributed by atoms with Gasteiger partial charge < -0.3 is 19.4 Å². The Bertz CT molecular complexity index is 597. The number of ether oxygens (including phenoxy) is 1. The molecule has 0 fully saturated rings. The smallest absolute Gasteiger partial charge is 0.340 e. The number of aliphatic carboxylic acids is 1. The number of carboxylic acid groups (broad SMARTS) is 1. The lowest BCUT2D eigenvalue weighted by atomic mass is 9.88. The van der Waals surface area contributed by atoms with Crippen molar-refractivity contribution in [3.05, 3.63) is 23.4 Å². The minimum absolute atomic E-state index is 0.0104. The molecule has 0 radical (unpaired) electrons. The number of hydrogen-bond acceptors (Lipinski definition) is 5. The molecule has 0 amide bonds. The van der Waals surface area contributed by atoms with Crippen LogP contribution in [0.3, 0.4) is 0 Å². The topological polar surface area (TPSA) is 88.9 Å². The molecule has 1 atom stereocenters. The molecule has 136 valence electrons. The van der Waals surface area contributed by atoms with Gasteiger partial charge in [-0.2, -0.15) is 0 Å². The van der Waals surface area contributed by atoms with Crippen molar-refractivity contribution in [2.45, 2.75) is 64.5 Å². The van der Waals surface area contributed by atoms with E-state index in [1.165, 1.54) is 19.4 Å². The van der Waals surface area contributed by atoms with Crippen LogP contribution < -0.4 is 4.74 Å². The molecule has 0 aliphatic carbocycles. The summed E-state index contributed by atoms with van der Waals surface area (Å²) in [6.45, 7) is 12.4. The minimum Gasteiger partial charge on any atom is -0.481 e. The van der Waals surface area contributed by atoms with Crippen LogP contribution in [-0.2, 0) is 21.4 Å². The normalized spacial score (nSPS) is 15.0. The van der Waals surface area contributed by atoms with Gasteiger partial charge in [0.1, 0.15) is 0 Å². The van der Waals surface area contributed by atoms with Crippen molar-refractivity contribution >= 4 is 14.3 Å². The lowest BCUT2D eigenvalue weighted by molar-refractivity contribution is -0.160. The summed E-state index contributed by atoms with van der Waals surface area (Å²) < 4.78 is 11.5. The fourth-order valence-corrected chi connectivity index (χ4v) is 3.04. The first-order chi connectivity index (χ1) is 10.9. The van der Waals surface area contributed by atoms with Crippen molar-refractivity contribution < 1.29 is 24.2 Å². The number of nitrogens with zero attached hydrogens (tertiary/aromatic N) is 1. The maximum atomic E-state index is 11.6. The summed E-state index contributed by atoms with van der Waals surface area (Å²) in [7, 11) is -0.589. The molecule has 1 heterocycles. The number of methoxy groups -OCH3 is 1. The molecular formula is C17H29NO5Si. The lowest BCUT2D eigenvalue weighted by Gasteiger charge is -2.36. The molecule has 0 spiro atoms. The summed E-state index contributed by atoms with van der Waals surface area (Å²) in [6.07, 6.45) is 1.47. The summed E-state index contributed by atoms with van der Waals surface area (Å²) in [6, 6.07) is 1.52. The first-order valence-corrected chi connectivity index (χ1v) is 10.9. The third kappa shape index (κ3) is 3.96. The van der Waals surface area contributed by atoms with Crippen molar-refractivity contribution in [2.24, 2.45) is 0 Å². The molecule has 6 nitrogen and oxygen atoms in total. The average molecular weight is 356 g/mol. The summed E-state index contributed by atoms with van der Waals surface area (Å²) >= 11 is 0. The molecule has 0 saturated carbocycles. The van der Waals surface area contributed by atoms with E-state index in [1.54, 1.807) is 6.92 Å². The number of aromatic nitrogens is 1. The van der Waals surface area contributed by atoms with Crippen LogP contribution in [0.15, 0.2) is 12.3 Å². The van der Waals surface area contributed by atoms with Gasteiger partial charge in [0, 0.05) is 17.3 Å². The van der Waals surface area contributed by atoms with E-state index in [2.05, 4.69) is 38.8 Å². The van der Waals surface area contributed by atoms with Gasteiger partial charge in [-0.3, -0.25) is 0 Å². The SMILES string of the molecule is CC[C@@](O)(C(=O)O)c1ccnc(OC)c1CO[Si](C)(C)C(C)(C)C. The van der Waals surface area contributed by atoms with Crippen molar-refractivity contribution in [1.29, 1.82) is 0 Å². The Labute approximate surface area is 145 Å². The molecular weight excluding hydrogens is 326 g/mol. The quantitative estimate of drug-likeness (QED) is 0.730. The van der Waals surface area contributed by atoms with Crippen LogP contribution in [0.2, 0.25) is 18.1 Å². The molecule has 1 aromatic rings. The first-order valence-electron chi connectivity index (χ1n) is 8.02. The molecule has 0 unspecified atom stereocenters. The standard InChI is InChI=1S/C17H29NO5Si/c1-8-17(21,15(19)20)13-9-10-18-14(22-5)12(13)11-23-24(6,7)16(2,3)4/h9-10,21H,8,11H2,1-7H3,(H,19,20)/t17-/m0/s1. The number of rotatable bonds is 7. The molecule has 0 aromatic carbocycles. The lowest BCUT2D eigenvalue weighted by Crippen LogP contribution is -2.41. The second-order valence-corrected chi connectivity index (χ2v) is 12.2. The fourth-order valence-electron chi connectivity index (χ4n) is 2.10. The highest BCUT2D eigenvalue weighted by Gasteiger charge is 2.41. The zero-order chi connectivity index (χ0) is 18.8. The van der Waals surface area contributed by atoms with E-state index >= 15 is 0 Å². The largest absolute Gasteiger partial charge is 0.481 e. The Morgan fingerprint density at radius 2 is 1.92 bits per heavy atom. The van der Waals surface area contributed by atoms with E-state index in [9.17, 15) is 15.0 Å². The van der Waals surface area contributed by atoms with Crippen LogP contribution in [0, 0.1) is 0 Å². The number of hydrogen-bond donors (Lipinski definition) is 2. The predicted molar refractivity (Wildman–Crippen MR) is 94.6 cm³/mol. The van der Waals surface area contributed by atoms with Crippen LogP contribution in [0.4, 0.5) is 0 Å². The number of carboxylic acids is 1. The number of aliphatic hydroxyl groups is 1. The van der Waals surface area contributed by atoms with Crippen molar-refractivity contribution in [2.75, 3.05) is 7.11 Å². The van der Waals surface area contributed by atoms with Crippen molar-refractivity contribution in [3.63, 3.8) is 0 Å². The molecule has 0 bridgehead atoms. The predicted octanol–water partition coefficient (Wildman–Crippen LogP) is 3.29. The van der Waals surface area contributed by atoms with Crippen molar-refractivity contribution in [3.8, 4) is 5.88 Å². The zero-order valence-corrected chi connectivity index (χ0v) is 16.6. The Kier molecular flexibility index (Phi) is 6.18. The summed E-state index contributed by atoms with van der Waals surface area (Å²) in [4.78, 5) is 15.8. The fraction of sp³-hybridized carbons (Fsp3) is 0.647. The highest BCUT2D eigenvalue weighted by molar-refractivity contribution is 6.74. The first kappa shape index (κ1) is 20.6. The van der Waals surface area contributed by atoms with Crippen LogP contribution in [0.25, 0.3) is 0 Å². The molecule has 0 aliphatic heterocycles. The van der Waals surface area contributed by atoms with Gasteiger partial charge in [-0.05, 0) is 30.6 Å². The van der Waals surface area contributed by atoms with E-state index in [1.807, 2.05) is 0 Å². The van der Waals surface area contributed by atoms with Crippen molar-refractivity contribution in [1.82, 2.24) is 4.98 Å². The summed E-state index contributed by atoms with van der Waals surface area (Å²) in [5, 5.41) is 20.1. The zero-order valence-electron chi connectivity index (χ0n) is 15.6. The second-order valence-electron chi connectivity index (χ2n) is 7.41. The van der Waals surface area contributed by atoms with E-state index in [4.69, 9.17) is 9.16 Å². The van der Waals surface area contributed by atoms with Crippen LogP contribution in [0.1, 0.15) is 45.2 Å². The Morgan fingerprint density at radius 3 is 2.33 bits per heavy atom. The summed E-state index contributed by atoms with van der Waals surface area (Å²) in [5.74, 6) is -1.02. The van der Waals surface area contributed by atoms with Gasteiger partial charge in [-0.1, -0.05) is 27.7 Å². The number of pyridine rings is 1.